The Hall–Kier alpha value is -1.96. The number of ether oxygens (including phenoxy) is 1. The number of nitrogens with one attached hydrogen (secondary N) is 1. The van der Waals surface area contributed by atoms with Crippen LogP contribution in [-0.4, -0.2) is 67.4 Å². The molecule has 2 amide bonds. The first kappa shape index (κ1) is 17.8. The van der Waals surface area contributed by atoms with E-state index in [2.05, 4.69) is 5.32 Å². The second kappa shape index (κ2) is 7.51. The maximum Gasteiger partial charge on any atom is 0.401 e. The fourth-order valence-electron chi connectivity index (χ4n) is 3.27. The maximum absolute atomic E-state index is 12.5. The van der Waals surface area contributed by atoms with E-state index in [1.807, 2.05) is 24.3 Å². The summed E-state index contributed by atoms with van der Waals surface area (Å²) in [6, 6.07) is 7.52. The highest BCUT2D eigenvalue weighted by Gasteiger charge is 2.32. The fourth-order valence-corrected chi connectivity index (χ4v) is 3.27. The van der Waals surface area contributed by atoms with Crippen LogP contribution in [0, 0.1) is 0 Å². The predicted molar refractivity (Wildman–Crippen MR) is 86.6 cm³/mol. The van der Waals surface area contributed by atoms with Gasteiger partial charge < -0.3 is 15.0 Å². The van der Waals surface area contributed by atoms with Crippen LogP contribution in [0.3, 0.4) is 0 Å². The van der Waals surface area contributed by atoms with Gasteiger partial charge in [0.15, 0.2) is 0 Å². The number of benzene rings is 1. The maximum atomic E-state index is 12.5. The normalized spacial score (nSPS) is 21.4. The monoisotopic (exact) mass is 357 g/mol. The number of fused-ring (bicyclic) bond motifs is 1. The molecule has 1 unspecified atom stereocenters. The summed E-state index contributed by atoms with van der Waals surface area (Å²) >= 11 is 0. The van der Waals surface area contributed by atoms with Crippen LogP contribution in [0.2, 0.25) is 0 Å². The first-order valence-electron chi connectivity index (χ1n) is 8.47. The van der Waals surface area contributed by atoms with Gasteiger partial charge in [0.05, 0.1) is 13.1 Å². The molecule has 1 N–H and O–H groups in total. The number of rotatable bonds is 3. The standard InChI is InChI=1S/C17H22F3N3O2/c18-17(19,20)12-22-6-3-7-23(9-8-22)16(24)21-11-14-10-13-4-1-2-5-15(13)25-14/h1-2,4-5,14H,3,6-12H2,(H,21,24). The number of para-hydroxylation sites is 1. The van der Waals surface area contributed by atoms with Crippen molar-refractivity contribution in [2.75, 3.05) is 39.3 Å². The largest absolute Gasteiger partial charge is 0.488 e. The zero-order chi connectivity index (χ0) is 17.9. The average molecular weight is 357 g/mol. The molecule has 8 heteroatoms. The van der Waals surface area contributed by atoms with Crippen molar-refractivity contribution in [2.45, 2.75) is 25.1 Å². The molecule has 2 aliphatic heterocycles. The van der Waals surface area contributed by atoms with E-state index in [4.69, 9.17) is 4.74 Å². The highest BCUT2D eigenvalue weighted by atomic mass is 19.4. The summed E-state index contributed by atoms with van der Waals surface area (Å²) in [4.78, 5) is 15.2. The van der Waals surface area contributed by atoms with Gasteiger partial charge in [-0.15, -0.1) is 0 Å². The van der Waals surface area contributed by atoms with Crippen molar-refractivity contribution in [1.82, 2.24) is 15.1 Å². The van der Waals surface area contributed by atoms with Gasteiger partial charge in [0.1, 0.15) is 11.9 Å². The predicted octanol–water partition coefficient (Wildman–Crippen LogP) is 2.27. The van der Waals surface area contributed by atoms with Crippen molar-refractivity contribution < 1.29 is 22.7 Å². The summed E-state index contributed by atoms with van der Waals surface area (Å²) < 4.78 is 43.2. The zero-order valence-electron chi connectivity index (χ0n) is 13.9. The Balaban J connectivity index is 1.43. The highest BCUT2D eigenvalue weighted by Crippen LogP contribution is 2.27. The molecule has 0 radical (unpaired) electrons. The molecule has 1 atom stereocenters. The minimum absolute atomic E-state index is 0.102. The van der Waals surface area contributed by atoms with Gasteiger partial charge in [0.25, 0.3) is 0 Å². The van der Waals surface area contributed by atoms with Gasteiger partial charge in [-0.25, -0.2) is 4.79 Å². The summed E-state index contributed by atoms with van der Waals surface area (Å²) in [5.74, 6) is 0.847. The second-order valence-electron chi connectivity index (χ2n) is 6.47. The molecule has 2 heterocycles. The molecule has 0 saturated carbocycles. The zero-order valence-corrected chi connectivity index (χ0v) is 13.9. The number of carbonyl (C=O) groups is 1. The number of carbonyl (C=O) groups excluding carboxylic acids is 1. The minimum Gasteiger partial charge on any atom is -0.488 e. The van der Waals surface area contributed by atoms with Gasteiger partial charge >= 0.3 is 12.2 Å². The van der Waals surface area contributed by atoms with Crippen LogP contribution >= 0.6 is 0 Å². The van der Waals surface area contributed by atoms with E-state index in [1.54, 1.807) is 4.90 Å². The van der Waals surface area contributed by atoms with E-state index in [-0.39, 0.29) is 18.7 Å². The lowest BCUT2D eigenvalue weighted by Crippen LogP contribution is -2.45. The van der Waals surface area contributed by atoms with Crippen molar-refractivity contribution >= 4 is 6.03 Å². The number of hydrogen-bond acceptors (Lipinski definition) is 3. The molecule has 1 fully saturated rings. The summed E-state index contributed by atoms with van der Waals surface area (Å²) in [5, 5.41) is 2.84. The van der Waals surface area contributed by atoms with Crippen LogP contribution in [0.4, 0.5) is 18.0 Å². The van der Waals surface area contributed by atoms with Crippen LogP contribution in [-0.2, 0) is 6.42 Å². The number of halogens is 3. The van der Waals surface area contributed by atoms with E-state index in [0.717, 1.165) is 17.7 Å². The third kappa shape index (κ3) is 5.01. The number of urea groups is 1. The Morgan fingerprint density at radius 1 is 1.20 bits per heavy atom. The molecule has 3 rings (SSSR count). The number of amides is 2. The number of alkyl halides is 3. The fraction of sp³-hybridized carbons (Fsp3) is 0.588. The minimum atomic E-state index is -4.20. The van der Waals surface area contributed by atoms with Crippen LogP contribution in [0.1, 0.15) is 12.0 Å². The molecule has 25 heavy (non-hydrogen) atoms. The third-order valence-electron chi connectivity index (χ3n) is 4.47. The Morgan fingerprint density at radius 2 is 2.00 bits per heavy atom. The highest BCUT2D eigenvalue weighted by molar-refractivity contribution is 5.74. The van der Waals surface area contributed by atoms with Crippen molar-refractivity contribution in [3.63, 3.8) is 0 Å². The Kier molecular flexibility index (Phi) is 5.36. The van der Waals surface area contributed by atoms with Gasteiger partial charge in [-0.2, -0.15) is 13.2 Å². The lowest BCUT2D eigenvalue weighted by Gasteiger charge is -2.23. The topological polar surface area (TPSA) is 44.8 Å². The third-order valence-corrected chi connectivity index (χ3v) is 4.47. The van der Waals surface area contributed by atoms with Gasteiger partial charge in [-0.1, -0.05) is 18.2 Å². The summed E-state index contributed by atoms with van der Waals surface area (Å²) in [6.07, 6.45) is -3.02. The Morgan fingerprint density at radius 3 is 2.76 bits per heavy atom. The number of hydrogen-bond donors (Lipinski definition) is 1. The lowest BCUT2D eigenvalue weighted by atomic mass is 10.1. The molecule has 2 aliphatic rings. The van der Waals surface area contributed by atoms with Gasteiger partial charge in [-0.3, -0.25) is 4.90 Å². The van der Waals surface area contributed by atoms with E-state index in [0.29, 0.717) is 32.6 Å². The summed E-state index contributed by atoms with van der Waals surface area (Å²) in [5.41, 5.74) is 1.12. The van der Waals surface area contributed by atoms with E-state index >= 15 is 0 Å². The van der Waals surface area contributed by atoms with E-state index < -0.39 is 12.7 Å². The average Bonchev–Trinajstić information content (AvgIpc) is 2.83. The number of nitrogens with zero attached hydrogens (tertiary/aromatic N) is 2. The Bertz CT molecular complexity index is 584. The quantitative estimate of drug-likeness (QED) is 0.903. The Labute approximate surface area is 144 Å². The van der Waals surface area contributed by atoms with Crippen molar-refractivity contribution in [2.24, 2.45) is 0 Å². The molecule has 0 aromatic heterocycles. The van der Waals surface area contributed by atoms with Crippen LogP contribution < -0.4 is 10.1 Å². The SMILES string of the molecule is O=C(NCC1Cc2ccccc2O1)N1CCCN(CC(F)(F)F)CC1. The molecule has 5 nitrogen and oxygen atoms in total. The van der Waals surface area contributed by atoms with Crippen LogP contribution in [0.25, 0.3) is 0 Å². The van der Waals surface area contributed by atoms with E-state index in [1.165, 1.54) is 4.90 Å². The molecule has 1 aromatic rings. The first-order chi connectivity index (χ1) is 11.9. The molecular formula is C17H22F3N3O2. The lowest BCUT2D eigenvalue weighted by molar-refractivity contribution is -0.145. The van der Waals surface area contributed by atoms with Crippen molar-refractivity contribution in [3.8, 4) is 5.75 Å². The van der Waals surface area contributed by atoms with Crippen molar-refractivity contribution in [3.05, 3.63) is 29.8 Å². The molecule has 0 spiro atoms. The van der Waals surface area contributed by atoms with Crippen LogP contribution in [0.15, 0.2) is 24.3 Å². The van der Waals surface area contributed by atoms with Gasteiger partial charge in [0, 0.05) is 32.6 Å². The van der Waals surface area contributed by atoms with E-state index in [9.17, 15) is 18.0 Å². The molecular weight excluding hydrogens is 335 g/mol. The smallest absolute Gasteiger partial charge is 0.401 e. The van der Waals surface area contributed by atoms with Gasteiger partial charge in [0.2, 0.25) is 0 Å². The molecule has 0 aliphatic carbocycles. The second-order valence-corrected chi connectivity index (χ2v) is 6.47. The summed E-state index contributed by atoms with van der Waals surface area (Å²) in [6.45, 7) is 0.815. The first-order valence-corrected chi connectivity index (χ1v) is 8.47. The van der Waals surface area contributed by atoms with Crippen molar-refractivity contribution in [1.29, 1.82) is 0 Å². The van der Waals surface area contributed by atoms with Crippen LogP contribution in [0.5, 0.6) is 5.75 Å². The molecule has 0 bridgehead atoms. The molecule has 1 aromatic carbocycles. The molecule has 138 valence electrons. The summed E-state index contributed by atoms with van der Waals surface area (Å²) in [7, 11) is 0. The molecule has 1 saturated heterocycles. The van der Waals surface area contributed by atoms with Gasteiger partial charge in [-0.05, 0) is 18.1 Å².